The average Bonchev–Trinajstić information content (AvgIpc) is 2.69. The van der Waals surface area contributed by atoms with Crippen molar-refractivity contribution in [2.24, 2.45) is 0 Å². The number of aliphatic hydroxyl groups is 2. The van der Waals surface area contributed by atoms with Crippen molar-refractivity contribution in [2.45, 2.75) is 51.9 Å². The zero-order chi connectivity index (χ0) is 24.1. The zero-order valence-electron chi connectivity index (χ0n) is 18.7. The maximum atomic E-state index is 12.2. The molecule has 0 aliphatic carbocycles. The molecule has 0 spiro atoms. The molecule has 0 aliphatic rings. The number of hydroxylamine groups is 2. The second kappa shape index (κ2) is 13.9. The van der Waals surface area contributed by atoms with E-state index < -0.39 is 22.5 Å². The summed E-state index contributed by atoms with van der Waals surface area (Å²) in [5.41, 5.74) is 0.168. The monoisotopic (exact) mass is 452 g/mol. The van der Waals surface area contributed by atoms with Gasteiger partial charge in [-0.05, 0) is 44.9 Å². The van der Waals surface area contributed by atoms with Gasteiger partial charge in [0.2, 0.25) is 0 Å². The normalized spacial score (nSPS) is 12.4. The van der Waals surface area contributed by atoms with Crippen molar-refractivity contribution in [1.82, 2.24) is 10.3 Å². The fraction of sp³-hybridized carbons (Fsp3) is 0.600. The minimum absolute atomic E-state index is 0.0651. The molecule has 1 radical (unpaired) electrons. The third kappa shape index (κ3) is 10.8. The molecule has 1 rings (SSSR count). The number of nitrogens with zero attached hydrogens (tertiary/aromatic N) is 2. The Hall–Kier alpha value is -2.38. The largest absolute Gasteiger partial charge is 0.460 e. The number of esters is 1. The van der Waals surface area contributed by atoms with Crippen LogP contribution in [0.3, 0.4) is 0 Å². The molecule has 0 heterocycles. The second-order valence-corrected chi connectivity index (χ2v) is 8.03. The summed E-state index contributed by atoms with van der Waals surface area (Å²) in [5, 5.41) is 33.8. The Morgan fingerprint density at radius 3 is 2.50 bits per heavy atom. The van der Waals surface area contributed by atoms with Crippen molar-refractivity contribution >= 4 is 25.3 Å². The van der Waals surface area contributed by atoms with E-state index in [1.54, 1.807) is 32.9 Å². The molecule has 1 atom stereocenters. The summed E-state index contributed by atoms with van der Waals surface area (Å²) >= 11 is 0. The number of hydrogen-bond donors (Lipinski definition) is 3. The van der Waals surface area contributed by atoms with Gasteiger partial charge < -0.3 is 25.0 Å². The highest BCUT2D eigenvalue weighted by Crippen LogP contribution is 2.23. The Labute approximate surface area is 188 Å². The molecular weight excluding hydrogens is 421 g/mol. The summed E-state index contributed by atoms with van der Waals surface area (Å²) in [4.78, 5) is 39.6. The number of carbonyl (C=O) groups is 2. The highest BCUT2D eigenvalue weighted by Gasteiger charge is 2.24. The quantitative estimate of drug-likeness (QED) is 0.112. The number of benzene rings is 1. The van der Waals surface area contributed by atoms with Gasteiger partial charge in [0.25, 0.3) is 13.1 Å². The topological polar surface area (TPSA) is 151 Å². The molecule has 1 aromatic carbocycles. The zero-order valence-corrected chi connectivity index (χ0v) is 18.7. The van der Waals surface area contributed by atoms with Crippen LogP contribution in [0.25, 0.3) is 0 Å². The van der Waals surface area contributed by atoms with E-state index >= 15 is 0 Å². The second-order valence-electron chi connectivity index (χ2n) is 8.03. The fourth-order valence-electron chi connectivity index (χ4n) is 2.92. The molecule has 0 unspecified atom stereocenters. The number of carbonyl (C=O) groups excluding carboxylic acids is 2. The first-order valence-electron chi connectivity index (χ1n) is 10.2. The van der Waals surface area contributed by atoms with E-state index in [1.165, 1.54) is 11.1 Å². The lowest BCUT2D eigenvalue weighted by molar-refractivity contribution is -0.385. The molecule has 0 amide bonds. The number of rotatable bonds is 15. The third-order valence-electron chi connectivity index (χ3n) is 4.15. The average molecular weight is 452 g/mol. The standard InChI is InChI=1S/C20H31BN3O8/c1-20(2,3)32-19(28)12-17(22-21-14-27)11-16-10-15(4-5-18(16)24(29)30)13-31-23(6-8-25)7-9-26/h4-5,10,14,17,22,25-26H,6-9,11-13H2,1-3H3/t17-/m0/s1. The van der Waals surface area contributed by atoms with Gasteiger partial charge >= 0.3 is 5.97 Å². The summed E-state index contributed by atoms with van der Waals surface area (Å²) in [6, 6.07) is 3.89. The number of nitro groups is 1. The van der Waals surface area contributed by atoms with Gasteiger partial charge in [-0.15, -0.1) is 0 Å². The van der Waals surface area contributed by atoms with Crippen LogP contribution >= 0.6 is 0 Å². The van der Waals surface area contributed by atoms with E-state index in [4.69, 9.17) is 19.8 Å². The fourth-order valence-corrected chi connectivity index (χ4v) is 2.92. The SMILES string of the molecule is CC(C)(C)OC(=O)C[C@H](Cc1cc(CON(CCO)CCO)ccc1[N+](=O)[O-])N[B]C=O. The molecule has 3 N–H and O–H groups in total. The molecule has 0 aliphatic heterocycles. The van der Waals surface area contributed by atoms with Crippen LogP contribution in [0.4, 0.5) is 5.69 Å². The maximum absolute atomic E-state index is 12.2. The lowest BCUT2D eigenvalue weighted by Crippen LogP contribution is -2.38. The van der Waals surface area contributed by atoms with Crippen molar-refractivity contribution in [3.8, 4) is 0 Å². The number of aliphatic hydroxyl groups excluding tert-OH is 2. The van der Waals surface area contributed by atoms with E-state index in [1.807, 2.05) is 0 Å². The van der Waals surface area contributed by atoms with E-state index in [0.717, 1.165) is 7.41 Å². The minimum Gasteiger partial charge on any atom is -0.460 e. The van der Waals surface area contributed by atoms with E-state index in [-0.39, 0.29) is 51.4 Å². The number of nitro benzene ring substituents is 1. The maximum Gasteiger partial charge on any atom is 0.307 e. The van der Waals surface area contributed by atoms with Crippen LogP contribution in [0.15, 0.2) is 18.2 Å². The molecule has 12 heteroatoms. The molecule has 177 valence electrons. The van der Waals surface area contributed by atoms with Gasteiger partial charge in [0.05, 0.1) is 37.4 Å². The van der Waals surface area contributed by atoms with Gasteiger partial charge in [0.15, 0.2) is 0 Å². The van der Waals surface area contributed by atoms with Crippen LogP contribution in [0, 0.1) is 10.1 Å². The van der Waals surface area contributed by atoms with Crippen LogP contribution < -0.4 is 5.23 Å². The van der Waals surface area contributed by atoms with Gasteiger partial charge in [0, 0.05) is 30.8 Å². The molecule has 1 aromatic rings. The molecule has 0 bridgehead atoms. The number of hydrogen-bond acceptors (Lipinski definition) is 10. The van der Waals surface area contributed by atoms with Crippen LogP contribution in [0.2, 0.25) is 0 Å². The lowest BCUT2D eigenvalue weighted by atomic mass is 9.92. The molecule has 32 heavy (non-hydrogen) atoms. The molecule has 0 fully saturated rings. The predicted molar refractivity (Wildman–Crippen MR) is 117 cm³/mol. The molecule has 11 nitrogen and oxygen atoms in total. The minimum atomic E-state index is -0.686. The summed E-state index contributed by atoms with van der Waals surface area (Å²) in [6.07, 6.45) is 0.517. The van der Waals surface area contributed by atoms with Crippen LogP contribution in [0.1, 0.15) is 38.3 Å². The van der Waals surface area contributed by atoms with Crippen LogP contribution in [-0.4, -0.2) is 77.7 Å². The van der Waals surface area contributed by atoms with Gasteiger partial charge in [-0.1, -0.05) is 0 Å². The van der Waals surface area contributed by atoms with E-state index in [9.17, 15) is 19.7 Å². The summed E-state index contributed by atoms with van der Waals surface area (Å²) in [7, 11) is 1.13. The van der Waals surface area contributed by atoms with Gasteiger partial charge in [0.1, 0.15) is 5.60 Å². The Balaban J connectivity index is 3.02. The van der Waals surface area contributed by atoms with Crippen molar-refractivity contribution < 1.29 is 34.3 Å². The number of nitrogens with one attached hydrogen (secondary N) is 1. The smallest absolute Gasteiger partial charge is 0.307 e. The van der Waals surface area contributed by atoms with Crippen molar-refractivity contribution in [1.29, 1.82) is 0 Å². The van der Waals surface area contributed by atoms with Gasteiger partial charge in [-0.3, -0.25) is 19.7 Å². The van der Waals surface area contributed by atoms with E-state index in [0.29, 0.717) is 17.3 Å². The molecule has 0 saturated heterocycles. The first kappa shape index (κ1) is 27.7. The molecule has 0 aromatic heterocycles. The molecule has 0 saturated carbocycles. The third-order valence-corrected chi connectivity index (χ3v) is 4.15. The Kier molecular flexibility index (Phi) is 12.0. The predicted octanol–water partition coefficient (Wildman–Crippen LogP) is 0.355. The highest BCUT2D eigenvalue weighted by atomic mass is 16.7. The van der Waals surface area contributed by atoms with Gasteiger partial charge in [-0.25, -0.2) is 0 Å². The number of ether oxygens (including phenoxy) is 1. The summed E-state index contributed by atoms with van der Waals surface area (Å²) in [6.45, 7) is 5.35. The Morgan fingerprint density at radius 2 is 1.97 bits per heavy atom. The summed E-state index contributed by atoms with van der Waals surface area (Å²) in [5.74, 6) is -0.500. The van der Waals surface area contributed by atoms with Crippen molar-refractivity contribution in [2.75, 3.05) is 26.3 Å². The molecular formula is C20H31BN3O8. The first-order valence-corrected chi connectivity index (χ1v) is 10.2. The van der Waals surface area contributed by atoms with Crippen molar-refractivity contribution in [3.63, 3.8) is 0 Å². The van der Waals surface area contributed by atoms with E-state index in [2.05, 4.69) is 5.23 Å². The highest BCUT2D eigenvalue weighted by molar-refractivity contribution is 6.64. The lowest BCUT2D eigenvalue weighted by Gasteiger charge is -2.23. The Bertz CT molecular complexity index is 751. The van der Waals surface area contributed by atoms with Crippen molar-refractivity contribution in [3.05, 3.63) is 39.4 Å². The van der Waals surface area contributed by atoms with Crippen LogP contribution in [-0.2, 0) is 32.2 Å². The summed E-state index contributed by atoms with van der Waals surface area (Å²) < 4.78 is 5.32. The first-order chi connectivity index (χ1) is 15.1. The Morgan fingerprint density at radius 1 is 1.31 bits per heavy atom. The van der Waals surface area contributed by atoms with Crippen LogP contribution in [0.5, 0.6) is 0 Å². The van der Waals surface area contributed by atoms with Gasteiger partial charge in [-0.2, -0.15) is 5.06 Å².